The van der Waals surface area contributed by atoms with Gasteiger partial charge in [0.1, 0.15) is 0 Å². The van der Waals surface area contributed by atoms with E-state index in [1.807, 2.05) is 6.92 Å². The molecule has 1 aliphatic heterocycles. The molecule has 1 atom stereocenters. The second-order valence-electron chi connectivity index (χ2n) is 5.22. The van der Waals surface area contributed by atoms with E-state index in [1.54, 1.807) is 0 Å². The molecule has 1 aliphatic rings. The van der Waals surface area contributed by atoms with Crippen molar-refractivity contribution in [2.75, 3.05) is 13.1 Å². The minimum absolute atomic E-state index is 0.190. The standard InChI is InChI=1S/C13H26N2O/c1-5-13(16)14-12-6-8-15(9-7-12)11(4)10(2)3/h10-12H,5-9H2,1-4H3,(H,14,16). The summed E-state index contributed by atoms with van der Waals surface area (Å²) >= 11 is 0. The Morgan fingerprint density at radius 3 is 2.31 bits per heavy atom. The highest BCUT2D eigenvalue weighted by molar-refractivity contribution is 5.75. The van der Waals surface area contributed by atoms with Gasteiger partial charge in [0.15, 0.2) is 0 Å². The summed E-state index contributed by atoms with van der Waals surface area (Å²) in [4.78, 5) is 13.8. The van der Waals surface area contributed by atoms with E-state index in [0.29, 0.717) is 24.4 Å². The van der Waals surface area contributed by atoms with E-state index in [9.17, 15) is 4.79 Å². The van der Waals surface area contributed by atoms with Gasteiger partial charge in [-0.15, -0.1) is 0 Å². The molecule has 1 fully saturated rings. The van der Waals surface area contributed by atoms with E-state index in [1.165, 1.54) is 0 Å². The number of nitrogens with zero attached hydrogens (tertiary/aromatic N) is 1. The van der Waals surface area contributed by atoms with Gasteiger partial charge >= 0.3 is 0 Å². The van der Waals surface area contributed by atoms with Gasteiger partial charge in [-0.1, -0.05) is 20.8 Å². The average molecular weight is 226 g/mol. The molecule has 94 valence electrons. The lowest BCUT2D eigenvalue weighted by Gasteiger charge is -2.37. The lowest BCUT2D eigenvalue weighted by Crippen LogP contribution is -2.48. The van der Waals surface area contributed by atoms with Gasteiger partial charge in [0.25, 0.3) is 0 Å². The van der Waals surface area contributed by atoms with Gasteiger partial charge in [-0.25, -0.2) is 0 Å². The smallest absolute Gasteiger partial charge is 0.219 e. The Balaban J connectivity index is 2.31. The van der Waals surface area contributed by atoms with Gasteiger partial charge in [0.2, 0.25) is 5.91 Å². The van der Waals surface area contributed by atoms with Crippen LogP contribution in [0.4, 0.5) is 0 Å². The molecule has 1 N–H and O–H groups in total. The number of piperidine rings is 1. The first-order valence-corrected chi connectivity index (χ1v) is 6.58. The Labute approximate surface area is 99.6 Å². The average Bonchev–Trinajstić information content (AvgIpc) is 2.28. The molecule has 1 saturated heterocycles. The van der Waals surface area contributed by atoms with E-state index in [2.05, 4.69) is 31.0 Å². The summed E-state index contributed by atoms with van der Waals surface area (Å²) < 4.78 is 0. The van der Waals surface area contributed by atoms with Crippen LogP contribution in [0.1, 0.15) is 47.0 Å². The van der Waals surface area contributed by atoms with E-state index in [4.69, 9.17) is 0 Å². The normalized spacial score (nSPS) is 21.1. The number of carbonyl (C=O) groups is 1. The minimum Gasteiger partial charge on any atom is -0.353 e. The van der Waals surface area contributed by atoms with Gasteiger partial charge in [-0.2, -0.15) is 0 Å². The monoisotopic (exact) mass is 226 g/mol. The predicted molar refractivity (Wildman–Crippen MR) is 67.3 cm³/mol. The highest BCUT2D eigenvalue weighted by atomic mass is 16.1. The van der Waals surface area contributed by atoms with Crippen LogP contribution in [0.2, 0.25) is 0 Å². The van der Waals surface area contributed by atoms with Gasteiger partial charge in [-0.3, -0.25) is 4.79 Å². The second kappa shape index (κ2) is 6.24. The van der Waals surface area contributed by atoms with Crippen molar-refractivity contribution >= 4 is 5.91 Å². The number of likely N-dealkylation sites (tertiary alicyclic amines) is 1. The van der Waals surface area contributed by atoms with Crippen molar-refractivity contribution in [2.24, 2.45) is 5.92 Å². The van der Waals surface area contributed by atoms with E-state index in [-0.39, 0.29) is 5.91 Å². The molecule has 16 heavy (non-hydrogen) atoms. The fraction of sp³-hybridized carbons (Fsp3) is 0.923. The molecule has 1 amide bonds. The number of hydrogen-bond donors (Lipinski definition) is 1. The number of nitrogens with one attached hydrogen (secondary N) is 1. The Morgan fingerprint density at radius 2 is 1.88 bits per heavy atom. The number of carbonyl (C=O) groups excluding carboxylic acids is 1. The molecular weight excluding hydrogens is 200 g/mol. The molecule has 3 nitrogen and oxygen atoms in total. The third-order valence-electron chi connectivity index (χ3n) is 3.76. The van der Waals surface area contributed by atoms with Gasteiger partial charge in [0, 0.05) is 31.6 Å². The van der Waals surface area contributed by atoms with Crippen molar-refractivity contribution < 1.29 is 4.79 Å². The Bertz CT molecular complexity index is 220. The maximum atomic E-state index is 11.3. The van der Waals surface area contributed by atoms with Crippen LogP contribution in [0.3, 0.4) is 0 Å². The van der Waals surface area contributed by atoms with E-state index >= 15 is 0 Å². The van der Waals surface area contributed by atoms with Crippen LogP contribution in [0.5, 0.6) is 0 Å². The Kier molecular flexibility index (Phi) is 5.26. The summed E-state index contributed by atoms with van der Waals surface area (Å²) in [6.07, 6.45) is 2.80. The molecule has 3 heteroatoms. The molecule has 0 aromatic carbocycles. The Morgan fingerprint density at radius 1 is 1.31 bits per heavy atom. The van der Waals surface area contributed by atoms with Crippen LogP contribution in [0.25, 0.3) is 0 Å². The van der Waals surface area contributed by atoms with Crippen molar-refractivity contribution in [2.45, 2.75) is 59.0 Å². The molecule has 0 spiro atoms. The SMILES string of the molecule is CCC(=O)NC1CCN(C(C)C(C)C)CC1. The summed E-state index contributed by atoms with van der Waals surface area (Å²) in [5, 5.41) is 3.09. The first-order valence-electron chi connectivity index (χ1n) is 6.58. The number of amides is 1. The molecular formula is C13H26N2O. The zero-order valence-corrected chi connectivity index (χ0v) is 11.1. The topological polar surface area (TPSA) is 32.3 Å². The highest BCUT2D eigenvalue weighted by Gasteiger charge is 2.24. The van der Waals surface area contributed by atoms with Crippen LogP contribution >= 0.6 is 0 Å². The highest BCUT2D eigenvalue weighted by Crippen LogP contribution is 2.17. The molecule has 0 aromatic rings. The quantitative estimate of drug-likeness (QED) is 0.795. The maximum Gasteiger partial charge on any atom is 0.219 e. The summed E-state index contributed by atoms with van der Waals surface area (Å²) in [7, 11) is 0. The van der Waals surface area contributed by atoms with Crippen LogP contribution in [-0.4, -0.2) is 36.0 Å². The van der Waals surface area contributed by atoms with Gasteiger partial charge in [0.05, 0.1) is 0 Å². The van der Waals surface area contributed by atoms with Crippen LogP contribution < -0.4 is 5.32 Å². The molecule has 1 unspecified atom stereocenters. The van der Waals surface area contributed by atoms with Crippen molar-refractivity contribution in [3.05, 3.63) is 0 Å². The van der Waals surface area contributed by atoms with Crippen molar-refractivity contribution in [1.29, 1.82) is 0 Å². The molecule has 0 radical (unpaired) electrons. The fourth-order valence-corrected chi connectivity index (χ4v) is 2.20. The zero-order valence-electron chi connectivity index (χ0n) is 11.1. The lowest BCUT2D eigenvalue weighted by molar-refractivity contribution is -0.121. The number of rotatable bonds is 4. The molecule has 0 aliphatic carbocycles. The minimum atomic E-state index is 0.190. The third-order valence-corrected chi connectivity index (χ3v) is 3.76. The largest absolute Gasteiger partial charge is 0.353 e. The summed E-state index contributed by atoms with van der Waals surface area (Å²) in [5.41, 5.74) is 0. The summed E-state index contributed by atoms with van der Waals surface area (Å²) in [6, 6.07) is 1.06. The van der Waals surface area contributed by atoms with Crippen LogP contribution in [0, 0.1) is 5.92 Å². The van der Waals surface area contributed by atoms with Crippen molar-refractivity contribution in [1.82, 2.24) is 10.2 Å². The maximum absolute atomic E-state index is 11.3. The molecule has 0 bridgehead atoms. The van der Waals surface area contributed by atoms with Crippen LogP contribution in [-0.2, 0) is 4.79 Å². The molecule has 1 rings (SSSR count). The van der Waals surface area contributed by atoms with Crippen molar-refractivity contribution in [3.63, 3.8) is 0 Å². The zero-order chi connectivity index (χ0) is 12.1. The van der Waals surface area contributed by atoms with Crippen LogP contribution in [0.15, 0.2) is 0 Å². The first kappa shape index (κ1) is 13.5. The summed E-state index contributed by atoms with van der Waals surface area (Å²) in [6.45, 7) is 11.0. The fourth-order valence-electron chi connectivity index (χ4n) is 2.20. The van der Waals surface area contributed by atoms with Gasteiger partial charge in [-0.05, 0) is 25.7 Å². The molecule has 0 aromatic heterocycles. The van der Waals surface area contributed by atoms with Gasteiger partial charge < -0.3 is 10.2 Å². The Hall–Kier alpha value is -0.570. The predicted octanol–water partition coefficient (Wildman–Crippen LogP) is 2.02. The second-order valence-corrected chi connectivity index (χ2v) is 5.22. The van der Waals surface area contributed by atoms with Crippen molar-refractivity contribution in [3.8, 4) is 0 Å². The van der Waals surface area contributed by atoms with E-state index < -0.39 is 0 Å². The summed E-state index contributed by atoms with van der Waals surface area (Å²) in [5.74, 6) is 0.900. The molecule has 0 saturated carbocycles. The third kappa shape index (κ3) is 3.78. The number of hydrogen-bond acceptors (Lipinski definition) is 2. The lowest BCUT2D eigenvalue weighted by atomic mass is 9.98. The van der Waals surface area contributed by atoms with E-state index in [0.717, 1.165) is 25.9 Å². The first-order chi connectivity index (χ1) is 7.54. The molecule has 1 heterocycles.